The molecule has 2 rings (SSSR count). The van der Waals surface area contributed by atoms with Crippen molar-refractivity contribution in [3.63, 3.8) is 0 Å². The number of amides is 1. The molecule has 1 aliphatic heterocycles. The van der Waals surface area contributed by atoms with Crippen molar-refractivity contribution in [1.82, 2.24) is 5.32 Å². The van der Waals surface area contributed by atoms with Crippen LogP contribution in [-0.2, 0) is 9.53 Å². The minimum Gasteiger partial charge on any atom is -0.393 e. The first-order valence-electron chi connectivity index (χ1n) is 5.33. The van der Waals surface area contributed by atoms with E-state index in [1.165, 1.54) is 0 Å². The summed E-state index contributed by atoms with van der Waals surface area (Å²) < 4.78 is 5.26. The molecule has 0 aromatic rings. The summed E-state index contributed by atoms with van der Waals surface area (Å²) in [5.41, 5.74) is 0. The first-order valence-corrected chi connectivity index (χ1v) is 5.33. The molecule has 1 saturated carbocycles. The summed E-state index contributed by atoms with van der Waals surface area (Å²) in [7, 11) is 0. The topological polar surface area (TPSA) is 58.6 Å². The smallest absolute Gasteiger partial charge is 0.249 e. The maximum Gasteiger partial charge on any atom is 0.249 e. The molecule has 0 aromatic heterocycles. The molecule has 1 saturated heterocycles. The van der Waals surface area contributed by atoms with Gasteiger partial charge in [0, 0.05) is 13.2 Å². The summed E-state index contributed by atoms with van der Waals surface area (Å²) in [6.45, 7) is 1.40. The molecule has 1 aliphatic carbocycles. The summed E-state index contributed by atoms with van der Waals surface area (Å²) in [6, 6.07) is 0. The fourth-order valence-corrected chi connectivity index (χ4v) is 2.01. The summed E-state index contributed by atoms with van der Waals surface area (Å²) in [5, 5.41) is 11.9. The Labute approximate surface area is 83.6 Å². The Balaban J connectivity index is 1.62. The van der Waals surface area contributed by atoms with E-state index in [0.29, 0.717) is 19.1 Å². The second-order valence-corrected chi connectivity index (χ2v) is 4.24. The number of aliphatic hydroxyl groups is 1. The number of hydrogen-bond acceptors (Lipinski definition) is 3. The van der Waals surface area contributed by atoms with Crippen molar-refractivity contribution < 1.29 is 14.6 Å². The number of nitrogens with one attached hydrogen (secondary N) is 1. The minimum atomic E-state index is -0.222. The highest BCUT2D eigenvalue weighted by molar-refractivity contribution is 5.80. The first kappa shape index (κ1) is 9.93. The van der Waals surface area contributed by atoms with Crippen molar-refractivity contribution in [2.75, 3.05) is 13.2 Å². The van der Waals surface area contributed by atoms with E-state index in [-0.39, 0.29) is 18.1 Å². The molecule has 2 fully saturated rings. The molecule has 4 heteroatoms. The van der Waals surface area contributed by atoms with Crippen molar-refractivity contribution in [3.8, 4) is 0 Å². The lowest BCUT2D eigenvalue weighted by Crippen LogP contribution is -2.41. The van der Waals surface area contributed by atoms with Gasteiger partial charge in [-0.3, -0.25) is 4.79 Å². The highest BCUT2D eigenvalue weighted by atomic mass is 16.5. The van der Waals surface area contributed by atoms with E-state index in [9.17, 15) is 4.79 Å². The van der Waals surface area contributed by atoms with Gasteiger partial charge in [0.05, 0.1) is 6.10 Å². The van der Waals surface area contributed by atoms with Gasteiger partial charge in [-0.1, -0.05) is 0 Å². The zero-order chi connectivity index (χ0) is 9.97. The maximum absolute atomic E-state index is 11.5. The molecular weight excluding hydrogens is 182 g/mol. The Hall–Kier alpha value is -0.610. The Morgan fingerprint density at radius 2 is 2.29 bits per heavy atom. The van der Waals surface area contributed by atoms with Crippen LogP contribution in [0.4, 0.5) is 0 Å². The van der Waals surface area contributed by atoms with E-state index < -0.39 is 0 Å². The van der Waals surface area contributed by atoms with Crippen LogP contribution in [0, 0.1) is 5.92 Å². The van der Waals surface area contributed by atoms with Crippen LogP contribution in [0.2, 0.25) is 0 Å². The van der Waals surface area contributed by atoms with Crippen molar-refractivity contribution in [3.05, 3.63) is 0 Å². The molecule has 2 aliphatic rings. The second-order valence-electron chi connectivity index (χ2n) is 4.24. The summed E-state index contributed by atoms with van der Waals surface area (Å²) in [6.07, 6.45) is 3.12. The van der Waals surface area contributed by atoms with Crippen molar-refractivity contribution >= 4 is 5.91 Å². The Morgan fingerprint density at radius 1 is 1.50 bits per heavy atom. The van der Waals surface area contributed by atoms with Crippen LogP contribution in [0.5, 0.6) is 0 Å². The van der Waals surface area contributed by atoms with Gasteiger partial charge in [-0.25, -0.2) is 0 Å². The molecule has 0 radical (unpaired) electrons. The number of rotatable bonds is 3. The molecule has 4 nitrogen and oxygen atoms in total. The zero-order valence-corrected chi connectivity index (χ0v) is 8.24. The molecule has 80 valence electrons. The number of hydrogen-bond donors (Lipinski definition) is 2. The quantitative estimate of drug-likeness (QED) is 0.675. The molecule has 14 heavy (non-hydrogen) atoms. The van der Waals surface area contributed by atoms with Crippen LogP contribution in [0.1, 0.15) is 25.7 Å². The predicted molar refractivity (Wildman–Crippen MR) is 50.7 cm³/mol. The van der Waals surface area contributed by atoms with Crippen LogP contribution in [0.3, 0.4) is 0 Å². The number of carbonyl (C=O) groups is 1. The molecule has 0 spiro atoms. The van der Waals surface area contributed by atoms with Crippen molar-refractivity contribution in [2.45, 2.75) is 37.9 Å². The third-order valence-electron chi connectivity index (χ3n) is 3.00. The normalized spacial score (nSPS) is 36.5. The lowest BCUT2D eigenvalue weighted by atomic mass is 9.82. The minimum absolute atomic E-state index is 0.0175. The first-order chi connectivity index (χ1) is 6.75. The standard InChI is InChI=1S/C10H17NO3/c12-8-4-7(5-8)6-11-10(13)9-2-1-3-14-9/h7-9,12H,1-6H2,(H,11,13). The van der Waals surface area contributed by atoms with E-state index in [0.717, 1.165) is 25.7 Å². The van der Waals surface area contributed by atoms with Crippen LogP contribution >= 0.6 is 0 Å². The summed E-state index contributed by atoms with van der Waals surface area (Å²) in [4.78, 5) is 11.5. The van der Waals surface area contributed by atoms with E-state index >= 15 is 0 Å². The molecule has 0 aromatic carbocycles. The van der Waals surface area contributed by atoms with E-state index in [4.69, 9.17) is 9.84 Å². The lowest BCUT2D eigenvalue weighted by Gasteiger charge is -2.31. The van der Waals surface area contributed by atoms with Crippen LogP contribution < -0.4 is 5.32 Å². The third kappa shape index (κ3) is 2.25. The second kappa shape index (κ2) is 4.28. The summed E-state index contributed by atoms with van der Waals surface area (Å²) >= 11 is 0. The van der Waals surface area contributed by atoms with E-state index in [1.54, 1.807) is 0 Å². The number of ether oxygens (including phenoxy) is 1. The van der Waals surface area contributed by atoms with Crippen LogP contribution in [-0.4, -0.2) is 36.4 Å². The van der Waals surface area contributed by atoms with Crippen LogP contribution in [0.25, 0.3) is 0 Å². The molecule has 2 N–H and O–H groups in total. The molecule has 1 unspecified atom stereocenters. The summed E-state index contributed by atoms with van der Waals surface area (Å²) in [5.74, 6) is 0.485. The van der Waals surface area contributed by atoms with Gasteiger partial charge in [0.15, 0.2) is 0 Å². The Bertz CT molecular complexity index is 207. The largest absolute Gasteiger partial charge is 0.393 e. The molecule has 1 heterocycles. The molecule has 0 bridgehead atoms. The van der Waals surface area contributed by atoms with Gasteiger partial charge < -0.3 is 15.2 Å². The molecule has 1 atom stereocenters. The van der Waals surface area contributed by atoms with Crippen LogP contribution in [0.15, 0.2) is 0 Å². The maximum atomic E-state index is 11.5. The Morgan fingerprint density at radius 3 is 2.86 bits per heavy atom. The van der Waals surface area contributed by atoms with Gasteiger partial charge >= 0.3 is 0 Å². The average Bonchev–Trinajstić information content (AvgIpc) is 2.62. The van der Waals surface area contributed by atoms with E-state index in [1.807, 2.05) is 0 Å². The van der Waals surface area contributed by atoms with Gasteiger partial charge in [0.1, 0.15) is 6.10 Å². The highest BCUT2D eigenvalue weighted by Crippen LogP contribution is 2.26. The average molecular weight is 199 g/mol. The predicted octanol–water partition coefficient (Wildman–Crippen LogP) is 0.0525. The Kier molecular flexibility index (Phi) is 3.03. The van der Waals surface area contributed by atoms with Gasteiger partial charge in [-0.05, 0) is 31.6 Å². The molecular formula is C10H17NO3. The van der Waals surface area contributed by atoms with Gasteiger partial charge in [0.2, 0.25) is 5.91 Å². The fourth-order valence-electron chi connectivity index (χ4n) is 2.01. The van der Waals surface area contributed by atoms with Gasteiger partial charge in [-0.15, -0.1) is 0 Å². The van der Waals surface area contributed by atoms with Gasteiger partial charge in [0.25, 0.3) is 0 Å². The monoisotopic (exact) mass is 199 g/mol. The zero-order valence-electron chi connectivity index (χ0n) is 8.24. The molecule has 1 amide bonds. The fraction of sp³-hybridized carbons (Fsp3) is 0.900. The highest BCUT2D eigenvalue weighted by Gasteiger charge is 2.29. The number of carbonyl (C=O) groups excluding carboxylic acids is 1. The van der Waals surface area contributed by atoms with E-state index in [2.05, 4.69) is 5.32 Å². The SMILES string of the molecule is O=C(NCC1CC(O)C1)C1CCCO1. The van der Waals surface area contributed by atoms with Crippen molar-refractivity contribution in [1.29, 1.82) is 0 Å². The lowest BCUT2D eigenvalue weighted by molar-refractivity contribution is -0.130. The van der Waals surface area contributed by atoms with Crippen molar-refractivity contribution in [2.24, 2.45) is 5.92 Å². The van der Waals surface area contributed by atoms with Gasteiger partial charge in [-0.2, -0.15) is 0 Å². The number of aliphatic hydroxyl groups excluding tert-OH is 1. The third-order valence-corrected chi connectivity index (χ3v) is 3.00.